The standard InChI is InChI=1S/C24H47N7O6/c1-19-5-9-30(17-19)11-15-35-13-7-25-21(32)28-29-22(33)26-8-14-36-16-12-31-10-6-20(18-31)27-23(34)37-24(2,3)4/h19-20H,5-18H2,1-4H3,(H,27,34)(H2,25,28,32)(H2,26,29,33)/t19-,20-/m1/s1. The number of hydrazine groups is 1. The number of urea groups is 2. The van der Waals surface area contributed by atoms with Gasteiger partial charge in [0.25, 0.3) is 0 Å². The minimum atomic E-state index is -0.523. The van der Waals surface area contributed by atoms with E-state index < -0.39 is 17.7 Å². The lowest BCUT2D eigenvalue weighted by Gasteiger charge is -2.22. The van der Waals surface area contributed by atoms with E-state index in [0.717, 1.165) is 51.6 Å². The molecule has 0 aliphatic carbocycles. The quantitative estimate of drug-likeness (QED) is 0.171. The van der Waals surface area contributed by atoms with Gasteiger partial charge in [-0.3, -0.25) is 4.90 Å². The van der Waals surface area contributed by atoms with Crippen molar-refractivity contribution in [2.45, 2.75) is 52.2 Å². The molecule has 0 aromatic heterocycles. The average Bonchev–Trinajstić information content (AvgIpc) is 3.44. The molecule has 0 aromatic carbocycles. The first-order chi connectivity index (χ1) is 17.6. The van der Waals surface area contributed by atoms with Gasteiger partial charge in [0.1, 0.15) is 5.60 Å². The fourth-order valence-corrected chi connectivity index (χ4v) is 4.12. The predicted molar refractivity (Wildman–Crippen MR) is 139 cm³/mol. The predicted octanol–water partition coefficient (Wildman–Crippen LogP) is 0.474. The highest BCUT2D eigenvalue weighted by atomic mass is 16.6. The number of carbonyl (C=O) groups is 3. The van der Waals surface area contributed by atoms with Gasteiger partial charge in [-0.1, -0.05) is 6.92 Å². The molecule has 13 heteroatoms. The Balaban J connectivity index is 1.37. The van der Waals surface area contributed by atoms with Crippen molar-refractivity contribution in [1.82, 2.24) is 36.6 Å². The maximum atomic E-state index is 11.9. The largest absolute Gasteiger partial charge is 0.444 e. The van der Waals surface area contributed by atoms with Crippen LogP contribution in [-0.2, 0) is 14.2 Å². The summed E-state index contributed by atoms with van der Waals surface area (Å²) >= 11 is 0. The lowest BCUT2D eigenvalue weighted by Crippen LogP contribution is -2.51. The molecule has 2 rings (SSSR count). The third-order valence-corrected chi connectivity index (χ3v) is 5.96. The number of hydrogen-bond donors (Lipinski definition) is 5. The second-order valence-electron chi connectivity index (χ2n) is 10.6. The van der Waals surface area contributed by atoms with Crippen LogP contribution in [0.4, 0.5) is 14.4 Å². The minimum Gasteiger partial charge on any atom is -0.444 e. The highest BCUT2D eigenvalue weighted by Gasteiger charge is 2.25. The molecule has 0 unspecified atom stereocenters. The lowest BCUT2D eigenvalue weighted by atomic mass is 10.2. The van der Waals surface area contributed by atoms with Gasteiger partial charge in [0.2, 0.25) is 0 Å². The first kappa shape index (κ1) is 30.9. The zero-order valence-electron chi connectivity index (χ0n) is 22.9. The van der Waals surface area contributed by atoms with Gasteiger partial charge in [0.05, 0.1) is 26.4 Å². The zero-order chi connectivity index (χ0) is 27.1. The first-order valence-electron chi connectivity index (χ1n) is 13.3. The average molecular weight is 530 g/mol. The van der Waals surface area contributed by atoms with Gasteiger partial charge >= 0.3 is 18.2 Å². The van der Waals surface area contributed by atoms with Gasteiger partial charge < -0.3 is 35.1 Å². The van der Waals surface area contributed by atoms with Crippen LogP contribution in [0.15, 0.2) is 0 Å². The summed E-state index contributed by atoms with van der Waals surface area (Å²) in [5.41, 5.74) is 4.05. The van der Waals surface area contributed by atoms with E-state index in [0.29, 0.717) is 39.5 Å². The van der Waals surface area contributed by atoms with Crippen LogP contribution in [-0.4, -0.2) is 118 Å². The Hall–Kier alpha value is -2.35. The van der Waals surface area contributed by atoms with Crippen LogP contribution < -0.4 is 26.8 Å². The van der Waals surface area contributed by atoms with Crippen molar-refractivity contribution in [3.8, 4) is 0 Å². The molecule has 5 N–H and O–H groups in total. The van der Waals surface area contributed by atoms with E-state index in [-0.39, 0.29) is 12.1 Å². The van der Waals surface area contributed by atoms with Crippen LogP contribution in [0.25, 0.3) is 0 Å². The van der Waals surface area contributed by atoms with E-state index in [1.807, 2.05) is 20.8 Å². The Morgan fingerprint density at radius 2 is 1.35 bits per heavy atom. The molecule has 2 aliphatic heterocycles. The summed E-state index contributed by atoms with van der Waals surface area (Å²) in [6, 6.07) is -0.958. The molecule has 2 atom stereocenters. The van der Waals surface area contributed by atoms with Crippen LogP contribution in [0.1, 0.15) is 40.5 Å². The highest BCUT2D eigenvalue weighted by Crippen LogP contribution is 2.14. The highest BCUT2D eigenvalue weighted by molar-refractivity contribution is 5.79. The third-order valence-electron chi connectivity index (χ3n) is 5.96. The summed E-state index contributed by atoms with van der Waals surface area (Å²) in [5, 5.41) is 8.12. The van der Waals surface area contributed by atoms with Gasteiger partial charge in [0.15, 0.2) is 0 Å². The van der Waals surface area contributed by atoms with E-state index in [1.165, 1.54) is 6.42 Å². The molecule has 0 aromatic rings. The molecule has 2 heterocycles. The number of nitrogens with one attached hydrogen (secondary N) is 5. The Labute approximate surface area is 220 Å². The molecule has 13 nitrogen and oxygen atoms in total. The SMILES string of the molecule is C[C@@H]1CCN(CCOCCNC(=O)NNC(=O)NCCOCCN2CC[C@@H](NC(=O)OC(C)(C)C)C2)C1. The number of hydrogen-bond acceptors (Lipinski definition) is 8. The van der Waals surface area contributed by atoms with Crippen LogP contribution >= 0.6 is 0 Å². The number of ether oxygens (including phenoxy) is 3. The third kappa shape index (κ3) is 14.8. The van der Waals surface area contributed by atoms with Gasteiger partial charge in [-0.2, -0.15) is 0 Å². The molecule has 2 fully saturated rings. The van der Waals surface area contributed by atoms with Crippen molar-refractivity contribution in [1.29, 1.82) is 0 Å². The molecular formula is C24H47N7O6. The van der Waals surface area contributed by atoms with Crippen LogP contribution in [0.5, 0.6) is 0 Å². The molecule has 2 aliphatic rings. The Morgan fingerprint density at radius 1 is 0.811 bits per heavy atom. The lowest BCUT2D eigenvalue weighted by molar-refractivity contribution is 0.0504. The van der Waals surface area contributed by atoms with E-state index in [9.17, 15) is 14.4 Å². The molecule has 5 amide bonds. The van der Waals surface area contributed by atoms with Gasteiger partial charge in [0, 0.05) is 51.9 Å². The molecule has 37 heavy (non-hydrogen) atoms. The number of likely N-dealkylation sites (tertiary alicyclic amines) is 2. The number of carbonyl (C=O) groups excluding carboxylic acids is 3. The fourth-order valence-electron chi connectivity index (χ4n) is 4.12. The van der Waals surface area contributed by atoms with E-state index in [4.69, 9.17) is 14.2 Å². The molecule has 0 saturated carbocycles. The first-order valence-corrected chi connectivity index (χ1v) is 13.3. The summed E-state index contributed by atoms with van der Waals surface area (Å²) in [4.78, 5) is 39.9. The van der Waals surface area contributed by atoms with Crippen molar-refractivity contribution in [2.24, 2.45) is 5.92 Å². The van der Waals surface area contributed by atoms with Gasteiger partial charge in [-0.15, -0.1) is 0 Å². The fraction of sp³-hybridized carbons (Fsp3) is 0.875. The monoisotopic (exact) mass is 529 g/mol. The van der Waals surface area contributed by atoms with E-state index in [1.54, 1.807) is 0 Å². The van der Waals surface area contributed by atoms with E-state index >= 15 is 0 Å². The Morgan fingerprint density at radius 3 is 1.86 bits per heavy atom. The molecule has 0 radical (unpaired) electrons. The second kappa shape index (κ2) is 16.5. The molecule has 2 saturated heterocycles. The van der Waals surface area contributed by atoms with Crippen LogP contribution in [0.3, 0.4) is 0 Å². The van der Waals surface area contributed by atoms with Gasteiger partial charge in [-0.05, 0) is 46.1 Å². The Kier molecular flexibility index (Phi) is 13.8. The molecular weight excluding hydrogens is 482 g/mol. The molecule has 214 valence electrons. The van der Waals surface area contributed by atoms with Crippen LogP contribution in [0.2, 0.25) is 0 Å². The van der Waals surface area contributed by atoms with Crippen molar-refractivity contribution in [3.05, 3.63) is 0 Å². The number of amides is 5. The summed E-state index contributed by atoms with van der Waals surface area (Å²) in [6.07, 6.45) is 1.72. The molecule has 0 bridgehead atoms. The Bertz CT molecular complexity index is 706. The van der Waals surface area contributed by atoms with Gasteiger partial charge in [-0.25, -0.2) is 25.2 Å². The topological polar surface area (TPSA) is 146 Å². The minimum absolute atomic E-state index is 0.0706. The summed E-state index contributed by atoms with van der Waals surface area (Å²) < 4.78 is 16.4. The normalized spacial score (nSPS) is 20.4. The smallest absolute Gasteiger partial charge is 0.407 e. The summed E-state index contributed by atoms with van der Waals surface area (Å²) in [6.45, 7) is 15.9. The van der Waals surface area contributed by atoms with E-state index in [2.05, 4.69) is 43.5 Å². The maximum Gasteiger partial charge on any atom is 0.407 e. The molecule has 0 spiro atoms. The van der Waals surface area contributed by atoms with Crippen LogP contribution in [0, 0.1) is 5.92 Å². The number of rotatable bonds is 13. The maximum absolute atomic E-state index is 11.9. The van der Waals surface area contributed by atoms with Crippen molar-refractivity contribution in [2.75, 3.05) is 78.8 Å². The summed E-state index contributed by atoms with van der Waals surface area (Å²) in [5.74, 6) is 0.758. The second-order valence-corrected chi connectivity index (χ2v) is 10.6. The van der Waals surface area contributed by atoms with Crippen molar-refractivity contribution >= 4 is 18.2 Å². The zero-order valence-corrected chi connectivity index (χ0v) is 22.9. The van der Waals surface area contributed by atoms with Crippen molar-refractivity contribution < 1.29 is 28.6 Å². The summed E-state index contributed by atoms with van der Waals surface area (Å²) in [7, 11) is 0. The number of nitrogens with zero attached hydrogens (tertiary/aromatic N) is 2. The van der Waals surface area contributed by atoms with Crippen molar-refractivity contribution in [3.63, 3.8) is 0 Å². The number of alkyl carbamates (subject to hydrolysis) is 1.